The highest BCUT2D eigenvalue weighted by molar-refractivity contribution is 5.98. The Morgan fingerprint density at radius 1 is 1.28 bits per heavy atom. The van der Waals surface area contributed by atoms with Crippen LogP contribution in [0.4, 0.5) is 5.69 Å². The normalized spacial score (nSPS) is 20.7. The van der Waals surface area contributed by atoms with Gasteiger partial charge in [-0.1, -0.05) is 19.9 Å². The first-order valence-electron chi connectivity index (χ1n) is 8.90. The molecule has 1 spiro atoms. The maximum absolute atomic E-state index is 12.5. The van der Waals surface area contributed by atoms with Crippen molar-refractivity contribution in [3.8, 4) is 0 Å². The lowest BCUT2D eigenvalue weighted by Gasteiger charge is -2.23. The van der Waals surface area contributed by atoms with E-state index >= 15 is 0 Å². The first-order valence-corrected chi connectivity index (χ1v) is 8.90. The van der Waals surface area contributed by atoms with Crippen LogP contribution in [0.15, 0.2) is 24.3 Å². The molecule has 2 amide bonds. The van der Waals surface area contributed by atoms with E-state index in [9.17, 15) is 9.59 Å². The lowest BCUT2D eigenvalue weighted by atomic mass is 9.92. The van der Waals surface area contributed by atoms with Crippen molar-refractivity contribution in [2.75, 3.05) is 25.0 Å². The predicted octanol–water partition coefficient (Wildman–Crippen LogP) is 2.82. The summed E-state index contributed by atoms with van der Waals surface area (Å²) in [5, 5.41) is 9.25. The summed E-state index contributed by atoms with van der Waals surface area (Å²) < 4.78 is 0. The smallest absolute Gasteiger partial charge is 0.251 e. The van der Waals surface area contributed by atoms with E-state index in [-0.39, 0.29) is 35.6 Å². The predicted molar refractivity (Wildman–Crippen MR) is 102 cm³/mol. The summed E-state index contributed by atoms with van der Waals surface area (Å²) in [6, 6.07) is 7.18. The summed E-state index contributed by atoms with van der Waals surface area (Å²) in [6.45, 7) is 6.78. The van der Waals surface area contributed by atoms with Crippen molar-refractivity contribution in [1.29, 1.82) is 0 Å². The lowest BCUT2D eigenvalue weighted by Crippen LogP contribution is -2.31. The van der Waals surface area contributed by atoms with Gasteiger partial charge in [-0.2, -0.15) is 0 Å². The number of anilines is 1. The molecule has 25 heavy (non-hydrogen) atoms. The maximum atomic E-state index is 12.5. The van der Waals surface area contributed by atoms with Crippen molar-refractivity contribution >= 4 is 29.9 Å². The Kier molecular flexibility index (Phi) is 6.47. The highest BCUT2D eigenvalue weighted by Crippen LogP contribution is 2.58. The fraction of sp³-hybridized carbons (Fsp3) is 0.579. The first-order chi connectivity index (χ1) is 11.5. The molecule has 3 rings (SSSR count). The fourth-order valence-electron chi connectivity index (χ4n) is 3.56. The van der Waals surface area contributed by atoms with Crippen molar-refractivity contribution in [2.24, 2.45) is 17.3 Å². The molecular weight excluding hydrogens is 338 g/mol. The molecule has 1 unspecified atom stereocenters. The third-order valence-electron chi connectivity index (χ3n) is 5.17. The van der Waals surface area contributed by atoms with Crippen LogP contribution in [0.2, 0.25) is 0 Å². The Hall–Kier alpha value is -1.59. The van der Waals surface area contributed by atoms with Gasteiger partial charge in [-0.05, 0) is 61.9 Å². The lowest BCUT2D eigenvalue weighted by molar-refractivity contribution is -0.118. The molecule has 0 radical (unpaired) electrons. The molecule has 0 aromatic heterocycles. The highest BCUT2D eigenvalue weighted by Gasteiger charge is 2.57. The second kappa shape index (κ2) is 8.19. The van der Waals surface area contributed by atoms with E-state index in [1.54, 1.807) is 12.1 Å². The molecule has 1 aliphatic heterocycles. The molecule has 1 saturated heterocycles. The number of amides is 2. The van der Waals surface area contributed by atoms with Crippen LogP contribution in [0, 0.1) is 17.3 Å². The van der Waals surface area contributed by atoms with Crippen LogP contribution in [0.1, 0.15) is 43.5 Å². The second-order valence-corrected chi connectivity index (χ2v) is 7.54. The summed E-state index contributed by atoms with van der Waals surface area (Å²) in [5.41, 5.74) is 1.51. The largest absolute Gasteiger partial charge is 0.352 e. The van der Waals surface area contributed by atoms with Crippen molar-refractivity contribution < 1.29 is 9.59 Å². The quantitative estimate of drug-likeness (QED) is 0.751. The van der Waals surface area contributed by atoms with Gasteiger partial charge < -0.3 is 16.0 Å². The number of carbonyl (C=O) groups excluding carboxylic acids is 2. The van der Waals surface area contributed by atoms with Gasteiger partial charge in [0.25, 0.3) is 5.91 Å². The van der Waals surface area contributed by atoms with Gasteiger partial charge in [0.05, 0.1) is 0 Å². The van der Waals surface area contributed by atoms with Crippen LogP contribution in [0.5, 0.6) is 0 Å². The van der Waals surface area contributed by atoms with Crippen molar-refractivity contribution in [2.45, 2.75) is 33.1 Å². The molecule has 0 bridgehead atoms. The number of nitrogens with one attached hydrogen (secondary N) is 3. The molecule has 1 heterocycles. The minimum Gasteiger partial charge on any atom is -0.352 e. The maximum Gasteiger partial charge on any atom is 0.251 e. The van der Waals surface area contributed by atoms with Gasteiger partial charge in [0, 0.05) is 23.7 Å². The molecule has 1 aliphatic carbocycles. The van der Waals surface area contributed by atoms with E-state index in [1.807, 2.05) is 12.1 Å². The summed E-state index contributed by atoms with van der Waals surface area (Å²) in [6.07, 6.45) is 3.17. The van der Waals surface area contributed by atoms with E-state index < -0.39 is 0 Å². The second-order valence-electron chi connectivity index (χ2n) is 7.54. The zero-order chi connectivity index (χ0) is 17.2. The van der Waals surface area contributed by atoms with Gasteiger partial charge in [-0.25, -0.2) is 0 Å². The van der Waals surface area contributed by atoms with Crippen molar-refractivity contribution in [3.05, 3.63) is 29.8 Å². The number of hydrogen-bond donors (Lipinski definition) is 3. The molecule has 1 saturated carbocycles. The monoisotopic (exact) mass is 365 g/mol. The molecule has 3 N–H and O–H groups in total. The van der Waals surface area contributed by atoms with Crippen molar-refractivity contribution in [3.63, 3.8) is 0 Å². The van der Waals surface area contributed by atoms with E-state index in [1.165, 1.54) is 0 Å². The molecule has 1 aromatic carbocycles. The Balaban J connectivity index is 0.00000225. The summed E-state index contributed by atoms with van der Waals surface area (Å²) in [4.78, 5) is 24.7. The van der Waals surface area contributed by atoms with Crippen molar-refractivity contribution in [1.82, 2.24) is 10.6 Å². The molecular formula is C19H28ClN3O2. The Morgan fingerprint density at radius 2 is 2.00 bits per heavy atom. The van der Waals surface area contributed by atoms with Crippen LogP contribution in [-0.4, -0.2) is 31.4 Å². The zero-order valence-electron chi connectivity index (χ0n) is 14.9. The van der Waals surface area contributed by atoms with Gasteiger partial charge in [0.1, 0.15) is 0 Å². The summed E-state index contributed by atoms with van der Waals surface area (Å²) in [7, 11) is 0. The van der Waals surface area contributed by atoms with Crippen LogP contribution in [-0.2, 0) is 4.79 Å². The Bertz CT molecular complexity index is 627. The van der Waals surface area contributed by atoms with Gasteiger partial charge in [0.2, 0.25) is 5.91 Å². The number of rotatable bonds is 5. The summed E-state index contributed by atoms with van der Waals surface area (Å²) >= 11 is 0. The van der Waals surface area contributed by atoms with Crippen LogP contribution in [0.3, 0.4) is 0 Å². The SMILES string of the molecule is CC(C)CNC(=O)c1cccc(NC(=O)C2CC23CCNCC3)c1.Cl. The molecule has 5 nitrogen and oxygen atoms in total. The Labute approximate surface area is 155 Å². The van der Waals surface area contributed by atoms with Gasteiger partial charge in [-0.15, -0.1) is 12.4 Å². The van der Waals surface area contributed by atoms with Gasteiger partial charge in [-0.3, -0.25) is 9.59 Å². The minimum absolute atomic E-state index is 0. The zero-order valence-corrected chi connectivity index (χ0v) is 15.7. The first kappa shape index (κ1) is 19.7. The number of carbonyl (C=O) groups is 2. The number of benzene rings is 1. The molecule has 2 fully saturated rings. The molecule has 1 aromatic rings. The molecule has 6 heteroatoms. The number of hydrogen-bond acceptors (Lipinski definition) is 3. The van der Waals surface area contributed by atoms with Gasteiger partial charge in [0.15, 0.2) is 0 Å². The molecule has 2 aliphatic rings. The fourth-order valence-corrected chi connectivity index (χ4v) is 3.56. The highest BCUT2D eigenvalue weighted by atomic mass is 35.5. The molecule has 1 atom stereocenters. The van der Waals surface area contributed by atoms with Crippen LogP contribution in [0.25, 0.3) is 0 Å². The average molecular weight is 366 g/mol. The third-order valence-corrected chi connectivity index (χ3v) is 5.17. The average Bonchev–Trinajstić information content (AvgIpc) is 3.26. The third kappa shape index (κ3) is 4.73. The Morgan fingerprint density at radius 3 is 2.68 bits per heavy atom. The standard InChI is InChI=1S/C19H27N3O2.ClH/c1-13(2)12-21-17(23)14-4-3-5-15(10-14)22-18(24)16-11-19(16)6-8-20-9-7-19;/h3-5,10,13,16,20H,6-9,11-12H2,1-2H3,(H,21,23)(H,22,24);1H. The van der Waals surface area contributed by atoms with Crippen LogP contribution < -0.4 is 16.0 Å². The summed E-state index contributed by atoms with van der Waals surface area (Å²) in [5.74, 6) is 0.531. The van der Waals surface area contributed by atoms with E-state index in [0.29, 0.717) is 23.7 Å². The number of piperidine rings is 1. The molecule has 138 valence electrons. The topological polar surface area (TPSA) is 70.2 Å². The van der Waals surface area contributed by atoms with Gasteiger partial charge >= 0.3 is 0 Å². The van der Waals surface area contributed by atoms with E-state index in [0.717, 1.165) is 32.4 Å². The minimum atomic E-state index is -0.0963. The van der Waals surface area contributed by atoms with E-state index in [4.69, 9.17) is 0 Å². The van der Waals surface area contributed by atoms with E-state index in [2.05, 4.69) is 29.8 Å². The number of halogens is 1. The van der Waals surface area contributed by atoms with Crippen LogP contribution >= 0.6 is 12.4 Å².